The fourth-order valence-corrected chi connectivity index (χ4v) is 4.76. The normalized spacial score (nSPS) is 17.4. The van der Waals surface area contributed by atoms with E-state index in [2.05, 4.69) is 10.2 Å². The topological polar surface area (TPSA) is 67.2 Å². The quantitative estimate of drug-likeness (QED) is 0.681. The van der Waals surface area contributed by atoms with Gasteiger partial charge in [-0.2, -0.15) is 0 Å². The Morgan fingerprint density at radius 3 is 2.57 bits per heavy atom. The molecule has 2 aliphatic rings. The number of benzene rings is 1. The number of piperidine rings is 1. The number of aromatic nitrogens is 2. The minimum Gasteiger partial charge on any atom is -0.353 e. The highest BCUT2D eigenvalue weighted by Gasteiger charge is 2.31. The summed E-state index contributed by atoms with van der Waals surface area (Å²) in [6.07, 6.45) is 3.66. The summed E-state index contributed by atoms with van der Waals surface area (Å²) in [6.45, 7) is 1.68. The van der Waals surface area contributed by atoms with Crippen molar-refractivity contribution in [1.29, 1.82) is 0 Å². The minimum absolute atomic E-state index is 0.0176. The molecule has 1 N–H and O–H groups in total. The molecule has 1 aromatic carbocycles. The maximum atomic E-state index is 13.3. The van der Waals surface area contributed by atoms with Crippen molar-refractivity contribution in [3.63, 3.8) is 0 Å². The first kappa shape index (κ1) is 19.2. The Labute approximate surface area is 177 Å². The summed E-state index contributed by atoms with van der Waals surface area (Å²) in [5.74, 6) is 0.493. The van der Waals surface area contributed by atoms with Crippen molar-refractivity contribution in [3.05, 3.63) is 57.4 Å². The molecule has 0 radical (unpaired) electrons. The van der Waals surface area contributed by atoms with E-state index >= 15 is 0 Å². The monoisotopic (exact) mass is 426 g/mol. The van der Waals surface area contributed by atoms with Crippen LogP contribution in [-0.4, -0.2) is 34.6 Å². The molecule has 6 nitrogen and oxygen atoms in total. The molecule has 1 saturated heterocycles. The van der Waals surface area contributed by atoms with Gasteiger partial charge in [-0.15, -0.1) is 11.3 Å². The molecule has 0 unspecified atom stereocenters. The number of carbonyl (C=O) groups is 1. The van der Waals surface area contributed by atoms with Crippen LogP contribution < -0.4 is 15.8 Å². The second-order valence-corrected chi connectivity index (χ2v) is 9.02. The van der Waals surface area contributed by atoms with Gasteiger partial charge in [0, 0.05) is 25.0 Å². The first-order chi connectivity index (χ1) is 14.6. The van der Waals surface area contributed by atoms with Gasteiger partial charge >= 0.3 is 0 Å². The third kappa shape index (κ3) is 3.84. The molecular weight excluding hydrogens is 403 g/mol. The van der Waals surface area contributed by atoms with Crippen molar-refractivity contribution < 1.29 is 9.18 Å². The van der Waals surface area contributed by atoms with Crippen LogP contribution in [0.25, 0.3) is 10.2 Å². The first-order valence-corrected chi connectivity index (χ1v) is 11.2. The molecule has 3 aromatic rings. The highest BCUT2D eigenvalue weighted by Crippen LogP contribution is 2.26. The lowest BCUT2D eigenvalue weighted by molar-refractivity contribution is -0.125. The Kier molecular flexibility index (Phi) is 5.02. The number of nitrogens with zero attached hydrogens (tertiary/aromatic N) is 3. The maximum absolute atomic E-state index is 13.3. The van der Waals surface area contributed by atoms with Crippen LogP contribution in [0, 0.1) is 11.7 Å². The Morgan fingerprint density at radius 1 is 1.13 bits per heavy atom. The van der Waals surface area contributed by atoms with E-state index in [1.807, 2.05) is 11.4 Å². The third-order valence-electron chi connectivity index (χ3n) is 5.87. The Hall–Kier alpha value is -2.74. The zero-order valence-electron chi connectivity index (χ0n) is 16.5. The van der Waals surface area contributed by atoms with Crippen LogP contribution in [0.2, 0.25) is 0 Å². The fraction of sp³-hybridized carbons (Fsp3) is 0.409. The molecule has 8 heteroatoms. The smallest absolute Gasteiger partial charge is 0.273 e. The van der Waals surface area contributed by atoms with Crippen LogP contribution in [0.4, 0.5) is 10.3 Å². The predicted molar refractivity (Wildman–Crippen MR) is 115 cm³/mol. The summed E-state index contributed by atoms with van der Waals surface area (Å²) in [5, 5.41) is 4.97. The van der Waals surface area contributed by atoms with Crippen LogP contribution >= 0.6 is 11.3 Å². The van der Waals surface area contributed by atoms with Gasteiger partial charge in [-0.05, 0) is 54.8 Å². The number of rotatable bonds is 5. The second-order valence-electron chi connectivity index (χ2n) is 8.11. The van der Waals surface area contributed by atoms with Crippen molar-refractivity contribution in [2.75, 3.05) is 18.0 Å². The molecule has 2 aromatic heterocycles. The van der Waals surface area contributed by atoms with Gasteiger partial charge in [0.15, 0.2) is 0 Å². The highest BCUT2D eigenvalue weighted by molar-refractivity contribution is 7.17. The first-order valence-electron chi connectivity index (χ1n) is 10.4. The molecule has 1 amide bonds. The minimum atomic E-state index is -0.301. The Bertz CT molecular complexity index is 1130. The van der Waals surface area contributed by atoms with Crippen molar-refractivity contribution in [2.24, 2.45) is 5.92 Å². The molecular formula is C22H23FN4O2S. The number of fused-ring (bicyclic) bond motifs is 1. The lowest BCUT2D eigenvalue weighted by atomic mass is 9.96. The van der Waals surface area contributed by atoms with Gasteiger partial charge in [-0.1, -0.05) is 12.1 Å². The summed E-state index contributed by atoms with van der Waals surface area (Å²) in [6, 6.07) is 8.43. The van der Waals surface area contributed by atoms with E-state index in [0.717, 1.165) is 31.2 Å². The van der Waals surface area contributed by atoms with E-state index in [1.54, 1.807) is 16.7 Å². The summed E-state index contributed by atoms with van der Waals surface area (Å²) in [5.41, 5.74) is 1.46. The zero-order chi connectivity index (χ0) is 20.7. The van der Waals surface area contributed by atoms with Gasteiger partial charge < -0.3 is 10.2 Å². The van der Waals surface area contributed by atoms with E-state index in [1.165, 1.54) is 23.5 Å². The Morgan fingerprint density at radius 2 is 1.87 bits per heavy atom. The Balaban J connectivity index is 1.42. The average molecular weight is 427 g/mol. The molecule has 5 rings (SSSR count). The van der Waals surface area contributed by atoms with Gasteiger partial charge in [0.25, 0.3) is 5.56 Å². The van der Waals surface area contributed by atoms with Crippen LogP contribution in [-0.2, 0) is 11.3 Å². The van der Waals surface area contributed by atoms with E-state index in [9.17, 15) is 14.0 Å². The molecule has 0 spiro atoms. The van der Waals surface area contributed by atoms with E-state index in [4.69, 9.17) is 4.98 Å². The predicted octanol–water partition coefficient (Wildman–Crippen LogP) is 3.14. The SMILES string of the molecule is O=C(NC1CC1)C1CCN(c2nc3ccsc3c(=O)n2Cc2ccc(F)cc2)CC1. The molecule has 0 atom stereocenters. The number of amides is 1. The summed E-state index contributed by atoms with van der Waals surface area (Å²) < 4.78 is 15.6. The van der Waals surface area contributed by atoms with Crippen LogP contribution in [0.15, 0.2) is 40.5 Å². The van der Waals surface area contributed by atoms with Crippen molar-refractivity contribution in [3.8, 4) is 0 Å². The van der Waals surface area contributed by atoms with Crippen LogP contribution in [0.1, 0.15) is 31.2 Å². The largest absolute Gasteiger partial charge is 0.353 e. The summed E-state index contributed by atoms with van der Waals surface area (Å²) >= 11 is 1.39. The van der Waals surface area contributed by atoms with E-state index in [0.29, 0.717) is 41.8 Å². The molecule has 1 aliphatic heterocycles. The van der Waals surface area contributed by atoms with Gasteiger partial charge in [0.05, 0.1) is 12.1 Å². The molecule has 0 bridgehead atoms. The molecule has 2 fully saturated rings. The van der Waals surface area contributed by atoms with E-state index < -0.39 is 0 Å². The van der Waals surface area contributed by atoms with Gasteiger partial charge in [0.2, 0.25) is 11.9 Å². The number of hydrogen-bond acceptors (Lipinski definition) is 5. The number of carbonyl (C=O) groups excluding carboxylic acids is 1. The van der Waals surface area contributed by atoms with Crippen LogP contribution in [0.5, 0.6) is 0 Å². The molecule has 3 heterocycles. The van der Waals surface area contributed by atoms with Crippen LogP contribution in [0.3, 0.4) is 0 Å². The van der Waals surface area contributed by atoms with Gasteiger partial charge in [-0.25, -0.2) is 9.37 Å². The van der Waals surface area contributed by atoms with Gasteiger partial charge in [0.1, 0.15) is 10.5 Å². The third-order valence-corrected chi connectivity index (χ3v) is 6.76. The summed E-state index contributed by atoms with van der Waals surface area (Å²) in [4.78, 5) is 32.5. The molecule has 1 saturated carbocycles. The highest BCUT2D eigenvalue weighted by atomic mass is 32.1. The lowest BCUT2D eigenvalue weighted by Crippen LogP contribution is -2.43. The second kappa shape index (κ2) is 7.83. The number of hydrogen-bond donors (Lipinski definition) is 1. The number of thiophene rings is 1. The molecule has 1 aliphatic carbocycles. The average Bonchev–Trinajstić information content (AvgIpc) is 3.44. The number of nitrogens with one attached hydrogen (secondary N) is 1. The zero-order valence-corrected chi connectivity index (χ0v) is 17.3. The van der Waals surface area contributed by atoms with E-state index in [-0.39, 0.29) is 23.2 Å². The standard InChI is InChI=1S/C22H23FN4O2S/c23-16-3-1-14(2-4-16)13-27-21(29)19-18(9-12-30-19)25-22(27)26-10-7-15(8-11-26)20(28)24-17-5-6-17/h1-4,9,12,15,17H,5-8,10-11,13H2,(H,24,28). The van der Waals surface area contributed by atoms with Crippen molar-refractivity contribution in [1.82, 2.24) is 14.9 Å². The number of anilines is 1. The summed E-state index contributed by atoms with van der Waals surface area (Å²) in [7, 11) is 0. The molecule has 156 valence electrons. The van der Waals surface area contributed by atoms with Crippen molar-refractivity contribution in [2.45, 2.75) is 38.3 Å². The van der Waals surface area contributed by atoms with Gasteiger partial charge in [-0.3, -0.25) is 14.2 Å². The lowest BCUT2D eigenvalue weighted by Gasteiger charge is -2.33. The number of halogens is 1. The van der Waals surface area contributed by atoms with Crippen molar-refractivity contribution >= 4 is 33.4 Å². The fourth-order valence-electron chi connectivity index (χ4n) is 3.98. The maximum Gasteiger partial charge on any atom is 0.273 e. The molecule has 30 heavy (non-hydrogen) atoms.